The van der Waals surface area contributed by atoms with Crippen LogP contribution < -0.4 is 14.5 Å². The number of fused-ring (bicyclic) bond motifs is 2. The lowest BCUT2D eigenvalue weighted by molar-refractivity contribution is -0.123. The fourth-order valence-electron chi connectivity index (χ4n) is 4.72. The molecule has 1 fully saturated rings. The van der Waals surface area contributed by atoms with Crippen LogP contribution in [-0.4, -0.2) is 33.1 Å². The van der Waals surface area contributed by atoms with Gasteiger partial charge in [0.05, 0.1) is 24.4 Å². The number of aryl methyl sites for hydroxylation is 1. The van der Waals surface area contributed by atoms with Gasteiger partial charge in [-0.25, -0.2) is 8.42 Å². The van der Waals surface area contributed by atoms with Crippen LogP contribution >= 0.6 is 11.6 Å². The number of rotatable bonds is 4. The van der Waals surface area contributed by atoms with Gasteiger partial charge in [-0.15, -0.1) is 0 Å². The predicted octanol–water partition coefficient (Wildman–Crippen LogP) is 3.82. The average Bonchev–Trinajstić information content (AvgIpc) is 3.18. The Morgan fingerprint density at radius 3 is 2.41 bits per heavy atom. The molecule has 1 spiro atoms. The van der Waals surface area contributed by atoms with Gasteiger partial charge < -0.3 is 9.64 Å². The van der Waals surface area contributed by atoms with Gasteiger partial charge in [0.1, 0.15) is 11.5 Å². The Labute approximate surface area is 202 Å². The summed E-state index contributed by atoms with van der Waals surface area (Å²) in [5.41, 5.74) is 2.82. The van der Waals surface area contributed by atoms with Crippen molar-refractivity contribution >= 4 is 44.6 Å². The highest BCUT2D eigenvalue weighted by Gasteiger charge is 2.69. The fourth-order valence-corrected chi connectivity index (χ4v) is 7.00. The summed E-state index contributed by atoms with van der Waals surface area (Å²) in [5.74, 6) is -1.79. The van der Waals surface area contributed by atoms with Crippen molar-refractivity contribution in [3.05, 3.63) is 88.4 Å². The first-order valence-electron chi connectivity index (χ1n) is 10.6. The van der Waals surface area contributed by atoms with Gasteiger partial charge in [-0.1, -0.05) is 59.6 Å². The zero-order chi connectivity index (χ0) is 24.3. The largest absolute Gasteiger partial charge is 0.495 e. The summed E-state index contributed by atoms with van der Waals surface area (Å²) in [7, 11) is -2.79. The normalized spacial score (nSPS) is 20.8. The molecule has 0 aromatic heterocycles. The third-order valence-corrected chi connectivity index (χ3v) is 8.68. The molecule has 0 radical (unpaired) electrons. The molecule has 2 amide bonds. The molecule has 3 aromatic rings. The molecule has 0 saturated carbocycles. The van der Waals surface area contributed by atoms with Crippen LogP contribution in [0.4, 0.5) is 11.4 Å². The fraction of sp³-hybridized carbons (Fsp3) is 0.200. The minimum absolute atomic E-state index is 0.165. The highest BCUT2D eigenvalue weighted by atomic mass is 35.5. The van der Waals surface area contributed by atoms with E-state index < -0.39 is 32.3 Å². The maximum atomic E-state index is 14.1. The number of amides is 2. The Kier molecular flexibility index (Phi) is 5.18. The Morgan fingerprint density at radius 2 is 1.74 bits per heavy atom. The van der Waals surface area contributed by atoms with Crippen molar-refractivity contribution < 1.29 is 22.7 Å². The summed E-state index contributed by atoms with van der Waals surface area (Å²) >= 11 is 6.30. The topological polar surface area (TPSA) is 84.0 Å². The van der Waals surface area contributed by atoms with Crippen LogP contribution in [0.2, 0.25) is 5.02 Å². The summed E-state index contributed by atoms with van der Waals surface area (Å²) in [6, 6.07) is 18.9. The maximum Gasteiger partial charge on any atom is 0.274 e. The summed E-state index contributed by atoms with van der Waals surface area (Å²) in [6.07, 6.45) is 0. The summed E-state index contributed by atoms with van der Waals surface area (Å²) in [4.78, 5) is 27.6. The van der Waals surface area contributed by atoms with Crippen molar-refractivity contribution in [1.82, 2.24) is 0 Å². The number of benzene rings is 3. The lowest BCUT2D eigenvalue weighted by Gasteiger charge is -2.32. The number of hydrogen-bond acceptors (Lipinski definition) is 5. The molecule has 34 heavy (non-hydrogen) atoms. The van der Waals surface area contributed by atoms with Crippen molar-refractivity contribution in [3.63, 3.8) is 0 Å². The van der Waals surface area contributed by atoms with Crippen LogP contribution in [0.3, 0.4) is 0 Å². The number of halogens is 1. The molecular formula is C25H21ClN2O5S. The van der Waals surface area contributed by atoms with Gasteiger partial charge in [-0.2, -0.15) is 0 Å². The van der Waals surface area contributed by atoms with Crippen LogP contribution in [0.15, 0.2) is 66.7 Å². The van der Waals surface area contributed by atoms with Gasteiger partial charge in [0, 0.05) is 11.3 Å². The molecule has 5 rings (SSSR count). The molecule has 0 N–H and O–H groups in total. The minimum atomic E-state index is -4.25. The number of hydrogen-bond donors (Lipinski definition) is 0. The van der Waals surface area contributed by atoms with Crippen LogP contribution in [0, 0.1) is 6.92 Å². The molecule has 9 heteroatoms. The van der Waals surface area contributed by atoms with E-state index in [0.717, 1.165) is 16.0 Å². The van der Waals surface area contributed by atoms with E-state index in [1.54, 1.807) is 30.3 Å². The monoisotopic (exact) mass is 496 g/mol. The third kappa shape index (κ3) is 3.05. The van der Waals surface area contributed by atoms with Crippen molar-refractivity contribution in [2.45, 2.75) is 18.3 Å². The zero-order valence-corrected chi connectivity index (χ0v) is 20.1. The maximum absolute atomic E-state index is 14.1. The Bertz CT molecular complexity index is 1440. The molecule has 2 heterocycles. The first-order chi connectivity index (χ1) is 16.2. The second kappa shape index (κ2) is 7.85. The molecule has 174 valence electrons. The molecule has 3 aromatic carbocycles. The average molecular weight is 497 g/mol. The molecule has 0 bridgehead atoms. The Hall–Kier alpha value is -3.36. The van der Waals surface area contributed by atoms with E-state index in [9.17, 15) is 18.0 Å². The van der Waals surface area contributed by atoms with Crippen LogP contribution in [0.5, 0.6) is 5.75 Å². The first kappa shape index (κ1) is 22.4. The molecule has 2 aliphatic heterocycles. The molecule has 1 saturated heterocycles. The van der Waals surface area contributed by atoms with Crippen molar-refractivity contribution in [1.29, 1.82) is 0 Å². The summed E-state index contributed by atoms with van der Waals surface area (Å²) < 4.78 is 32.5. The number of para-hydroxylation sites is 1. The highest BCUT2D eigenvalue weighted by Crippen LogP contribution is 2.53. The summed E-state index contributed by atoms with van der Waals surface area (Å²) in [5, 5.41) is 0.197. The minimum Gasteiger partial charge on any atom is -0.495 e. The second-order valence-electron chi connectivity index (χ2n) is 8.35. The summed E-state index contributed by atoms with van der Waals surface area (Å²) in [6.45, 7) is 2.13. The molecule has 0 unspecified atom stereocenters. The molecule has 1 atom stereocenters. The van der Waals surface area contributed by atoms with E-state index in [-0.39, 0.29) is 22.8 Å². The molecule has 0 aliphatic carbocycles. The Balaban J connectivity index is 1.72. The number of carbonyl (C=O) groups excluding carboxylic acids is 2. The number of anilines is 2. The number of sulfone groups is 1. The number of ether oxygens (including phenoxy) is 1. The van der Waals surface area contributed by atoms with Crippen LogP contribution in [-0.2, 0) is 30.8 Å². The van der Waals surface area contributed by atoms with Crippen molar-refractivity contribution in [2.24, 2.45) is 0 Å². The highest BCUT2D eigenvalue weighted by molar-refractivity contribution is 7.94. The second-order valence-corrected chi connectivity index (χ2v) is 10.9. The van der Waals surface area contributed by atoms with E-state index in [1.165, 1.54) is 24.1 Å². The zero-order valence-electron chi connectivity index (χ0n) is 18.5. The SMILES string of the molecule is COc1ccc(N2C(=O)CS(=O)(=O)[C@]23C(=O)N(Cc2ccc(C)cc2)c2ccccc23)cc1Cl. The van der Waals surface area contributed by atoms with E-state index in [1.807, 2.05) is 31.2 Å². The Morgan fingerprint density at radius 1 is 1.03 bits per heavy atom. The van der Waals surface area contributed by atoms with E-state index >= 15 is 0 Å². The van der Waals surface area contributed by atoms with E-state index in [2.05, 4.69) is 0 Å². The molecular weight excluding hydrogens is 476 g/mol. The van der Waals surface area contributed by atoms with Crippen LogP contribution in [0.1, 0.15) is 16.7 Å². The smallest absolute Gasteiger partial charge is 0.274 e. The quantitative estimate of drug-likeness (QED) is 0.548. The molecule has 2 aliphatic rings. The van der Waals surface area contributed by atoms with Crippen molar-refractivity contribution in [2.75, 3.05) is 22.7 Å². The number of nitrogens with zero attached hydrogens (tertiary/aromatic N) is 2. The first-order valence-corrected chi connectivity index (χ1v) is 12.6. The van der Waals surface area contributed by atoms with Crippen LogP contribution in [0.25, 0.3) is 0 Å². The standard InChI is InChI=1S/C25H21ClN2O5S/c1-16-7-9-17(10-8-16)14-27-21-6-4-3-5-19(21)25(24(27)30)28(23(29)15-34(25,31)32)18-11-12-22(33-2)20(26)13-18/h3-13H,14-15H2,1-2H3/t25-/m1/s1. The van der Waals surface area contributed by atoms with Gasteiger partial charge >= 0.3 is 0 Å². The van der Waals surface area contributed by atoms with Gasteiger partial charge in [0.2, 0.25) is 5.91 Å². The van der Waals surface area contributed by atoms with Gasteiger partial charge in [-0.05, 0) is 36.8 Å². The third-order valence-electron chi connectivity index (χ3n) is 6.28. The number of methoxy groups -OCH3 is 1. The van der Waals surface area contributed by atoms with Gasteiger partial charge in [0.15, 0.2) is 9.84 Å². The predicted molar refractivity (Wildman–Crippen MR) is 130 cm³/mol. The van der Waals surface area contributed by atoms with E-state index in [4.69, 9.17) is 16.3 Å². The van der Waals surface area contributed by atoms with Crippen molar-refractivity contribution in [3.8, 4) is 5.75 Å². The van der Waals surface area contributed by atoms with E-state index in [0.29, 0.717) is 11.4 Å². The number of carbonyl (C=O) groups is 2. The lowest BCUT2D eigenvalue weighted by atomic mass is 10.0. The molecule has 7 nitrogen and oxygen atoms in total. The van der Waals surface area contributed by atoms with Gasteiger partial charge in [-0.3, -0.25) is 14.5 Å². The van der Waals surface area contributed by atoms with Gasteiger partial charge in [0.25, 0.3) is 10.8 Å². The lowest BCUT2D eigenvalue weighted by Crippen LogP contribution is -2.54.